The van der Waals surface area contributed by atoms with E-state index in [1.54, 1.807) is 4.90 Å². The number of fused-ring (bicyclic) bond motifs is 1. The van der Waals surface area contributed by atoms with E-state index in [-0.39, 0.29) is 42.4 Å². The Kier molecular flexibility index (Phi) is 7.05. The van der Waals surface area contributed by atoms with Crippen LogP contribution < -0.4 is 10.6 Å². The normalized spacial score (nSPS) is 23.8. The molecule has 0 saturated carbocycles. The Morgan fingerprint density at radius 1 is 1.21 bits per heavy atom. The van der Waals surface area contributed by atoms with Gasteiger partial charge in [0.25, 0.3) is 0 Å². The summed E-state index contributed by atoms with van der Waals surface area (Å²) in [4.78, 5) is 41.3. The highest BCUT2D eigenvalue weighted by atomic mass is 32.1. The Balaban J connectivity index is 1.59. The molecule has 0 aromatic carbocycles. The first-order valence-electron chi connectivity index (χ1n) is 10.3. The van der Waals surface area contributed by atoms with Gasteiger partial charge in [0.1, 0.15) is 16.6 Å². The highest BCUT2D eigenvalue weighted by molar-refractivity contribution is 7.11. The quantitative estimate of drug-likeness (QED) is 0.680. The van der Waals surface area contributed by atoms with E-state index in [4.69, 9.17) is 0 Å². The lowest BCUT2D eigenvalue weighted by Crippen LogP contribution is -2.59. The number of piperazine rings is 1. The molecular weight excluding hydrogens is 392 g/mol. The zero-order chi connectivity index (χ0) is 21.0. The van der Waals surface area contributed by atoms with E-state index < -0.39 is 0 Å². The minimum Gasteiger partial charge on any atom is -0.355 e. The molecule has 3 atom stereocenters. The van der Waals surface area contributed by atoms with E-state index in [0.717, 1.165) is 22.9 Å². The molecule has 2 aliphatic rings. The van der Waals surface area contributed by atoms with Gasteiger partial charge in [-0.25, -0.2) is 4.79 Å². The van der Waals surface area contributed by atoms with Gasteiger partial charge in [-0.05, 0) is 26.2 Å². The Morgan fingerprint density at radius 2 is 2.00 bits per heavy atom. The largest absolute Gasteiger partial charge is 0.355 e. The van der Waals surface area contributed by atoms with E-state index in [0.29, 0.717) is 32.5 Å². The summed E-state index contributed by atoms with van der Waals surface area (Å²) in [5, 5.41) is 15.7. The van der Waals surface area contributed by atoms with Crippen molar-refractivity contribution in [3.05, 3.63) is 10.0 Å². The van der Waals surface area contributed by atoms with E-state index in [9.17, 15) is 14.4 Å². The van der Waals surface area contributed by atoms with Crippen molar-refractivity contribution in [1.82, 2.24) is 30.6 Å². The van der Waals surface area contributed by atoms with Gasteiger partial charge in [-0.15, -0.1) is 21.5 Å². The van der Waals surface area contributed by atoms with Crippen molar-refractivity contribution in [2.75, 3.05) is 26.2 Å². The fourth-order valence-corrected chi connectivity index (χ4v) is 4.98. The summed E-state index contributed by atoms with van der Waals surface area (Å²) in [7, 11) is 0. The third kappa shape index (κ3) is 4.85. The van der Waals surface area contributed by atoms with Crippen molar-refractivity contribution in [3.8, 4) is 0 Å². The molecule has 160 valence electrons. The maximum atomic E-state index is 12.8. The molecule has 0 unspecified atom stereocenters. The topological polar surface area (TPSA) is 108 Å². The van der Waals surface area contributed by atoms with Crippen molar-refractivity contribution in [3.63, 3.8) is 0 Å². The maximum Gasteiger partial charge on any atom is 0.317 e. The maximum absolute atomic E-state index is 12.8. The molecule has 1 aromatic rings. The molecule has 3 heterocycles. The molecular formula is C19H30N6O3S. The number of rotatable bonds is 7. The third-order valence-corrected chi connectivity index (χ3v) is 6.46. The lowest BCUT2D eigenvalue weighted by molar-refractivity contribution is -0.139. The molecule has 1 aromatic heterocycles. The summed E-state index contributed by atoms with van der Waals surface area (Å²) in [5.74, 6) is -0.342. The van der Waals surface area contributed by atoms with Crippen LogP contribution in [0.2, 0.25) is 0 Å². The van der Waals surface area contributed by atoms with E-state index in [1.807, 2.05) is 25.7 Å². The number of aryl methyl sites for hydroxylation is 1. The number of hydrogen-bond acceptors (Lipinski definition) is 6. The summed E-state index contributed by atoms with van der Waals surface area (Å²) < 4.78 is 0. The Bertz CT molecular complexity index is 754. The lowest BCUT2D eigenvalue weighted by atomic mass is 9.96. The highest BCUT2D eigenvalue weighted by Gasteiger charge is 2.49. The Labute approximate surface area is 175 Å². The molecule has 9 nitrogen and oxygen atoms in total. The zero-order valence-electron chi connectivity index (χ0n) is 17.3. The Hall–Kier alpha value is -2.23. The van der Waals surface area contributed by atoms with Gasteiger partial charge in [-0.1, -0.05) is 13.8 Å². The molecule has 2 N–H and O–H groups in total. The molecule has 0 spiro atoms. The summed E-state index contributed by atoms with van der Waals surface area (Å²) in [6.07, 6.45) is 2.81. The van der Waals surface area contributed by atoms with Crippen molar-refractivity contribution in [2.24, 2.45) is 5.92 Å². The van der Waals surface area contributed by atoms with Crippen LogP contribution >= 0.6 is 11.3 Å². The number of nitrogens with one attached hydrogen (secondary N) is 2. The first kappa shape index (κ1) is 21.5. The summed E-state index contributed by atoms with van der Waals surface area (Å²) in [5.41, 5.74) is 0. The molecule has 10 heteroatoms. The average Bonchev–Trinajstić information content (AvgIpc) is 3.29. The van der Waals surface area contributed by atoms with Gasteiger partial charge in [0.05, 0.1) is 12.0 Å². The number of carbonyl (C=O) groups excluding carboxylic acids is 3. The number of amides is 4. The van der Waals surface area contributed by atoms with Gasteiger partial charge >= 0.3 is 6.03 Å². The second-order valence-corrected chi connectivity index (χ2v) is 8.91. The van der Waals surface area contributed by atoms with Crippen LogP contribution in [0.5, 0.6) is 0 Å². The van der Waals surface area contributed by atoms with E-state index in [2.05, 4.69) is 20.8 Å². The van der Waals surface area contributed by atoms with Gasteiger partial charge in [-0.2, -0.15) is 0 Å². The van der Waals surface area contributed by atoms with Crippen LogP contribution in [-0.2, 0) is 16.0 Å². The molecule has 0 radical (unpaired) electrons. The van der Waals surface area contributed by atoms with E-state index in [1.165, 1.54) is 11.3 Å². The van der Waals surface area contributed by atoms with Crippen LogP contribution in [0, 0.1) is 12.8 Å². The fourth-order valence-electron chi connectivity index (χ4n) is 4.27. The standard InChI is InChI=1S/C19H30N6O3S/c1-4-7-21-19(28)24-10-13-9-14(15(5-2)25(13)17(26)11-24)18(27)20-8-6-16-23-22-12(3)29-16/h13-15H,4-11H2,1-3H3,(H,20,27)(H,21,28)/t13-,14-,15-/m0/s1. The number of hydrogen-bond donors (Lipinski definition) is 2. The lowest BCUT2D eigenvalue weighted by Gasteiger charge is -2.39. The molecule has 4 amide bonds. The molecule has 29 heavy (non-hydrogen) atoms. The predicted octanol–water partition coefficient (Wildman–Crippen LogP) is 0.936. The minimum absolute atomic E-state index is 0.0257. The monoisotopic (exact) mass is 422 g/mol. The zero-order valence-corrected chi connectivity index (χ0v) is 18.1. The van der Waals surface area contributed by atoms with Crippen LogP contribution in [0.1, 0.15) is 43.1 Å². The number of urea groups is 1. The SMILES string of the molecule is CCCNC(=O)N1CC(=O)N2[C@@H](C[C@H](C(=O)NCCc3nnc(C)s3)[C@@H]2CC)C1. The van der Waals surface area contributed by atoms with Crippen LogP contribution in [0.3, 0.4) is 0 Å². The molecule has 0 bridgehead atoms. The van der Waals surface area contributed by atoms with E-state index >= 15 is 0 Å². The van der Waals surface area contributed by atoms with Crippen molar-refractivity contribution in [1.29, 1.82) is 0 Å². The third-order valence-electron chi connectivity index (χ3n) is 5.56. The summed E-state index contributed by atoms with van der Waals surface area (Å²) in [6.45, 7) is 7.55. The van der Waals surface area contributed by atoms with Crippen LogP contribution in [0.15, 0.2) is 0 Å². The molecule has 2 fully saturated rings. The summed E-state index contributed by atoms with van der Waals surface area (Å²) >= 11 is 1.53. The van der Waals surface area contributed by atoms with Gasteiger partial charge in [0, 0.05) is 32.1 Å². The van der Waals surface area contributed by atoms with Crippen LogP contribution in [0.25, 0.3) is 0 Å². The molecule has 2 saturated heterocycles. The number of carbonyl (C=O) groups is 3. The van der Waals surface area contributed by atoms with Gasteiger partial charge in [0.2, 0.25) is 11.8 Å². The van der Waals surface area contributed by atoms with Crippen LogP contribution in [-0.4, -0.2) is 76.1 Å². The second kappa shape index (κ2) is 9.51. The molecule has 2 aliphatic heterocycles. The van der Waals surface area contributed by atoms with Crippen molar-refractivity contribution < 1.29 is 14.4 Å². The van der Waals surface area contributed by atoms with Gasteiger partial charge in [0.15, 0.2) is 0 Å². The van der Waals surface area contributed by atoms with Crippen molar-refractivity contribution >= 4 is 29.2 Å². The summed E-state index contributed by atoms with van der Waals surface area (Å²) in [6, 6.07) is -0.416. The predicted molar refractivity (Wildman–Crippen MR) is 109 cm³/mol. The Morgan fingerprint density at radius 3 is 2.66 bits per heavy atom. The number of nitrogens with zero attached hydrogens (tertiary/aromatic N) is 4. The number of aromatic nitrogens is 2. The minimum atomic E-state index is -0.247. The fraction of sp³-hybridized carbons (Fsp3) is 0.737. The highest BCUT2D eigenvalue weighted by Crippen LogP contribution is 2.35. The van der Waals surface area contributed by atoms with Crippen molar-refractivity contribution in [2.45, 2.75) is 58.5 Å². The second-order valence-electron chi connectivity index (χ2n) is 7.64. The average molecular weight is 423 g/mol. The smallest absolute Gasteiger partial charge is 0.317 e. The molecule has 3 rings (SSSR count). The first-order valence-corrected chi connectivity index (χ1v) is 11.2. The van der Waals surface area contributed by atoms with Crippen LogP contribution in [0.4, 0.5) is 4.79 Å². The van der Waals surface area contributed by atoms with Gasteiger partial charge in [-0.3, -0.25) is 9.59 Å². The van der Waals surface area contributed by atoms with Gasteiger partial charge < -0.3 is 20.4 Å². The first-order chi connectivity index (χ1) is 13.9. The molecule has 0 aliphatic carbocycles.